The van der Waals surface area contributed by atoms with E-state index < -0.39 is 30.0 Å². The second-order valence-corrected chi connectivity index (χ2v) is 9.19. The summed E-state index contributed by atoms with van der Waals surface area (Å²) in [6, 6.07) is 0.522. The number of carbonyl (C=O) groups excluding carboxylic acids is 2. The van der Waals surface area contributed by atoms with E-state index in [0.717, 1.165) is 17.0 Å². The normalized spacial score (nSPS) is 12.4. The number of anilines is 1. The molecule has 0 aliphatic heterocycles. The van der Waals surface area contributed by atoms with Crippen LogP contribution in [0.3, 0.4) is 0 Å². The number of hydrogen-bond acceptors (Lipinski definition) is 6. The number of rotatable bonds is 8. The van der Waals surface area contributed by atoms with E-state index in [0.29, 0.717) is 34.5 Å². The lowest BCUT2D eigenvalue weighted by Crippen LogP contribution is -2.27. The van der Waals surface area contributed by atoms with E-state index in [1.165, 1.54) is 23.1 Å². The van der Waals surface area contributed by atoms with Gasteiger partial charge in [-0.3, -0.25) is 19.0 Å². The van der Waals surface area contributed by atoms with Crippen LogP contribution in [0.1, 0.15) is 53.8 Å². The molecule has 2 amide bonds. The summed E-state index contributed by atoms with van der Waals surface area (Å²) in [5, 5.41) is 11.9. The van der Waals surface area contributed by atoms with Gasteiger partial charge in [0, 0.05) is 29.4 Å². The number of aromatic nitrogens is 5. The quantitative estimate of drug-likeness (QED) is 0.339. The summed E-state index contributed by atoms with van der Waals surface area (Å²) in [6.45, 7) is 6.09. The van der Waals surface area contributed by atoms with Gasteiger partial charge in [-0.1, -0.05) is 18.5 Å². The molecule has 0 fully saturated rings. The van der Waals surface area contributed by atoms with Gasteiger partial charge in [0.15, 0.2) is 0 Å². The number of fused-ring (bicyclic) bond motifs is 1. The second kappa shape index (κ2) is 9.70. The van der Waals surface area contributed by atoms with E-state index >= 15 is 0 Å². The van der Waals surface area contributed by atoms with E-state index in [9.17, 15) is 18.4 Å². The van der Waals surface area contributed by atoms with Crippen molar-refractivity contribution in [1.82, 2.24) is 24.5 Å². The maximum atomic E-state index is 13.7. The maximum absolute atomic E-state index is 13.7. The minimum Gasteiger partial charge on any atom is -0.365 e. The van der Waals surface area contributed by atoms with Gasteiger partial charge < -0.3 is 11.1 Å². The molecule has 0 spiro atoms. The van der Waals surface area contributed by atoms with E-state index in [-0.39, 0.29) is 15.4 Å². The first-order valence-electron chi connectivity index (χ1n) is 10.7. The molecule has 0 aliphatic rings. The minimum absolute atomic E-state index is 0.00223. The Labute approximate surface area is 207 Å². The van der Waals surface area contributed by atoms with Gasteiger partial charge >= 0.3 is 0 Å². The van der Waals surface area contributed by atoms with Crippen molar-refractivity contribution in [3.05, 3.63) is 45.9 Å². The Bertz CT molecular complexity index is 1430. The van der Waals surface area contributed by atoms with Gasteiger partial charge in [0.25, 0.3) is 12.3 Å². The van der Waals surface area contributed by atoms with Crippen LogP contribution in [-0.4, -0.2) is 36.4 Å². The fraction of sp³-hybridized carbons (Fsp3) is 0.318. The molecule has 35 heavy (non-hydrogen) atoms. The summed E-state index contributed by atoms with van der Waals surface area (Å²) < 4.78 is 30.6. The van der Waals surface area contributed by atoms with Crippen LogP contribution in [0, 0.1) is 6.92 Å². The Balaban J connectivity index is 1.93. The number of nitrogens with one attached hydrogen (secondary N) is 1. The van der Waals surface area contributed by atoms with Gasteiger partial charge in [0.1, 0.15) is 21.4 Å². The fourth-order valence-electron chi connectivity index (χ4n) is 3.95. The van der Waals surface area contributed by atoms with Gasteiger partial charge in [-0.15, -0.1) is 11.3 Å². The standard InChI is InChI=1S/C22H22ClF2N7O2S/c1-4-15(32-9-11(23)7-27-32)21(34)30-17-16-12(13-8-28-31(5-2)10(13)3)6-14(19(24)25)29-22(16)35-18(17)20(26)33/h6-9,15,19H,4-5H2,1-3H3,(H2,26,33)(H,30,34). The topological polar surface area (TPSA) is 121 Å². The monoisotopic (exact) mass is 521 g/mol. The van der Waals surface area contributed by atoms with Crippen molar-refractivity contribution in [3.8, 4) is 11.1 Å². The summed E-state index contributed by atoms with van der Waals surface area (Å²) in [6.07, 6.45) is 2.03. The van der Waals surface area contributed by atoms with E-state index in [4.69, 9.17) is 17.3 Å². The summed E-state index contributed by atoms with van der Waals surface area (Å²) >= 11 is 6.81. The molecule has 0 aliphatic carbocycles. The number of halogens is 3. The zero-order valence-corrected chi connectivity index (χ0v) is 20.6. The number of alkyl halides is 2. The molecule has 13 heteroatoms. The SMILES string of the molecule is CCC(C(=O)Nc1c(C(N)=O)sc2nc(C(F)F)cc(-c3cnn(CC)c3C)c12)n1cc(Cl)cn1. The first-order valence-corrected chi connectivity index (χ1v) is 11.9. The molecular formula is C22H22ClF2N7O2S. The number of nitrogens with zero attached hydrogens (tertiary/aromatic N) is 5. The number of amides is 2. The first kappa shape index (κ1) is 24.7. The van der Waals surface area contributed by atoms with Crippen molar-refractivity contribution in [3.63, 3.8) is 0 Å². The number of pyridine rings is 1. The molecule has 1 unspecified atom stereocenters. The highest BCUT2D eigenvalue weighted by Crippen LogP contribution is 2.43. The Kier molecular flexibility index (Phi) is 6.86. The van der Waals surface area contributed by atoms with Crippen LogP contribution >= 0.6 is 22.9 Å². The van der Waals surface area contributed by atoms with Crippen LogP contribution in [0.5, 0.6) is 0 Å². The third kappa shape index (κ3) is 4.50. The Morgan fingerprint density at radius 2 is 1.97 bits per heavy atom. The maximum Gasteiger partial charge on any atom is 0.280 e. The van der Waals surface area contributed by atoms with Crippen molar-refractivity contribution in [2.24, 2.45) is 5.73 Å². The highest BCUT2D eigenvalue weighted by molar-refractivity contribution is 7.21. The average Bonchev–Trinajstić information content (AvgIpc) is 3.50. The fourth-order valence-corrected chi connectivity index (χ4v) is 5.11. The van der Waals surface area contributed by atoms with Crippen LogP contribution in [0.4, 0.5) is 14.5 Å². The molecule has 1 atom stereocenters. The van der Waals surface area contributed by atoms with Gasteiger partial charge in [0.2, 0.25) is 5.91 Å². The number of thiophene rings is 1. The molecular weight excluding hydrogens is 500 g/mol. The van der Waals surface area contributed by atoms with E-state index in [1.807, 2.05) is 13.8 Å². The second-order valence-electron chi connectivity index (χ2n) is 7.76. The summed E-state index contributed by atoms with van der Waals surface area (Å²) in [5.41, 5.74) is 6.96. The smallest absolute Gasteiger partial charge is 0.280 e. The predicted octanol–water partition coefficient (Wildman–Crippen LogP) is 4.96. The molecule has 0 saturated heterocycles. The van der Waals surface area contributed by atoms with Gasteiger partial charge in [0.05, 0.1) is 23.1 Å². The molecule has 0 saturated carbocycles. The Morgan fingerprint density at radius 1 is 1.23 bits per heavy atom. The molecule has 0 bridgehead atoms. The highest BCUT2D eigenvalue weighted by Gasteiger charge is 2.28. The van der Waals surface area contributed by atoms with Crippen LogP contribution in [0.2, 0.25) is 5.02 Å². The molecule has 0 aromatic carbocycles. The van der Waals surface area contributed by atoms with Crippen LogP contribution < -0.4 is 11.1 Å². The molecule has 3 N–H and O–H groups in total. The lowest BCUT2D eigenvalue weighted by molar-refractivity contribution is -0.119. The predicted molar refractivity (Wildman–Crippen MR) is 130 cm³/mol. The van der Waals surface area contributed by atoms with Crippen molar-refractivity contribution >= 4 is 50.7 Å². The average molecular weight is 522 g/mol. The van der Waals surface area contributed by atoms with Gasteiger partial charge in [-0.25, -0.2) is 13.8 Å². The third-order valence-corrected chi connectivity index (χ3v) is 6.94. The lowest BCUT2D eigenvalue weighted by Gasteiger charge is -2.16. The molecule has 4 rings (SSSR count). The molecule has 184 valence electrons. The first-order chi connectivity index (χ1) is 16.7. The molecule has 4 aromatic rings. The molecule has 9 nitrogen and oxygen atoms in total. The van der Waals surface area contributed by atoms with Crippen molar-refractivity contribution < 1.29 is 18.4 Å². The van der Waals surface area contributed by atoms with Gasteiger partial charge in [-0.2, -0.15) is 10.2 Å². The number of hydrogen-bond donors (Lipinski definition) is 2. The Hall–Kier alpha value is -3.38. The lowest BCUT2D eigenvalue weighted by atomic mass is 10.0. The molecule has 4 heterocycles. The van der Waals surface area contributed by atoms with E-state index in [1.54, 1.807) is 17.8 Å². The summed E-state index contributed by atoms with van der Waals surface area (Å²) in [5.74, 6) is -1.29. The number of primary amides is 1. The van der Waals surface area contributed by atoms with Crippen molar-refractivity contribution in [2.45, 2.75) is 46.2 Å². The molecule has 4 aromatic heterocycles. The summed E-state index contributed by atoms with van der Waals surface area (Å²) in [4.78, 5) is 29.8. The molecule has 0 radical (unpaired) electrons. The minimum atomic E-state index is -2.84. The zero-order chi connectivity index (χ0) is 25.4. The zero-order valence-electron chi connectivity index (χ0n) is 19.1. The highest BCUT2D eigenvalue weighted by atomic mass is 35.5. The largest absolute Gasteiger partial charge is 0.365 e. The van der Waals surface area contributed by atoms with Gasteiger partial charge in [-0.05, 0) is 31.9 Å². The van der Waals surface area contributed by atoms with Crippen LogP contribution in [0.15, 0.2) is 24.7 Å². The van der Waals surface area contributed by atoms with E-state index in [2.05, 4.69) is 20.5 Å². The summed E-state index contributed by atoms with van der Waals surface area (Å²) in [7, 11) is 0. The Morgan fingerprint density at radius 3 is 2.51 bits per heavy atom. The number of aryl methyl sites for hydroxylation is 1. The van der Waals surface area contributed by atoms with Crippen molar-refractivity contribution in [2.75, 3.05) is 5.32 Å². The van der Waals surface area contributed by atoms with Crippen LogP contribution in [-0.2, 0) is 11.3 Å². The third-order valence-electron chi connectivity index (χ3n) is 5.65. The number of nitrogens with two attached hydrogens (primary N) is 1. The van der Waals surface area contributed by atoms with Crippen LogP contribution in [0.25, 0.3) is 21.3 Å². The van der Waals surface area contributed by atoms with Crippen molar-refractivity contribution in [1.29, 1.82) is 0 Å². The number of carbonyl (C=O) groups is 2.